The third-order valence-corrected chi connectivity index (χ3v) is 1.94. The molecule has 0 saturated heterocycles. The molecule has 0 aromatic heterocycles. The Morgan fingerprint density at radius 3 is 2.45 bits per heavy atom. The van der Waals surface area contributed by atoms with Crippen LogP contribution in [-0.2, 0) is 6.61 Å². The van der Waals surface area contributed by atoms with Crippen LogP contribution in [0.15, 0.2) is 17.0 Å². The number of nitrogen functional groups attached to an aromatic ring is 2. The molecule has 11 heavy (non-hydrogen) atoms. The number of hydrogen-bond donors (Lipinski definition) is 4. The molecule has 0 heterocycles. The van der Waals surface area contributed by atoms with Crippen LogP contribution in [0.1, 0.15) is 5.56 Å². The Hall–Kier alpha value is -0.870. The number of nitrogens with two attached hydrogens (primary N) is 2. The molecule has 0 unspecified atom stereocenters. The molecule has 0 radical (unpaired) electrons. The quantitative estimate of drug-likeness (QED) is 0.369. The summed E-state index contributed by atoms with van der Waals surface area (Å²) in [7, 11) is 0. The highest BCUT2D eigenvalue weighted by atomic mass is 32.1. The third kappa shape index (κ3) is 1.41. The number of anilines is 2. The molecule has 0 spiro atoms. The number of benzene rings is 1. The molecule has 0 bridgehead atoms. The molecular weight excluding hydrogens is 160 g/mol. The van der Waals surface area contributed by atoms with Crippen molar-refractivity contribution in [3.63, 3.8) is 0 Å². The largest absolute Gasteiger partial charge is 0.397 e. The van der Waals surface area contributed by atoms with E-state index < -0.39 is 0 Å². The van der Waals surface area contributed by atoms with Gasteiger partial charge in [0.15, 0.2) is 0 Å². The van der Waals surface area contributed by atoms with Gasteiger partial charge in [0.2, 0.25) is 0 Å². The van der Waals surface area contributed by atoms with Crippen LogP contribution >= 0.6 is 12.6 Å². The van der Waals surface area contributed by atoms with E-state index >= 15 is 0 Å². The summed E-state index contributed by atoms with van der Waals surface area (Å²) in [5.74, 6) is 0. The minimum Gasteiger partial charge on any atom is -0.397 e. The Morgan fingerprint density at radius 1 is 1.36 bits per heavy atom. The van der Waals surface area contributed by atoms with Gasteiger partial charge in [-0.1, -0.05) is 0 Å². The molecule has 0 aliphatic heterocycles. The van der Waals surface area contributed by atoms with Crippen molar-refractivity contribution in [2.75, 3.05) is 11.5 Å². The van der Waals surface area contributed by atoms with Crippen LogP contribution in [0.25, 0.3) is 0 Å². The Balaban J connectivity index is 3.29. The molecule has 0 atom stereocenters. The number of hydrogen-bond acceptors (Lipinski definition) is 4. The van der Waals surface area contributed by atoms with Crippen LogP contribution in [0, 0.1) is 0 Å². The highest BCUT2D eigenvalue weighted by Crippen LogP contribution is 2.25. The van der Waals surface area contributed by atoms with Gasteiger partial charge < -0.3 is 16.6 Å². The first-order valence-corrected chi connectivity index (χ1v) is 3.58. The third-order valence-electron chi connectivity index (χ3n) is 1.52. The molecule has 4 heteroatoms. The molecule has 5 N–H and O–H groups in total. The average molecular weight is 170 g/mol. The zero-order chi connectivity index (χ0) is 8.43. The molecular formula is C7H10N2OS. The van der Waals surface area contributed by atoms with Crippen LogP contribution in [0.4, 0.5) is 11.4 Å². The maximum absolute atomic E-state index is 8.84. The van der Waals surface area contributed by atoms with Crippen LogP contribution in [0.3, 0.4) is 0 Å². The average Bonchev–Trinajstić information content (AvgIpc) is 1.99. The summed E-state index contributed by atoms with van der Waals surface area (Å²) < 4.78 is 0. The molecule has 1 rings (SSSR count). The predicted octanol–water partition coefficient (Wildman–Crippen LogP) is 0.632. The number of aliphatic hydroxyl groups excluding tert-OH is 1. The maximum Gasteiger partial charge on any atom is 0.0713 e. The smallest absolute Gasteiger partial charge is 0.0713 e. The van der Waals surface area contributed by atoms with Gasteiger partial charge in [0.1, 0.15) is 0 Å². The molecule has 60 valence electrons. The summed E-state index contributed by atoms with van der Waals surface area (Å²) in [6.07, 6.45) is 0. The Kier molecular flexibility index (Phi) is 2.26. The van der Waals surface area contributed by atoms with Gasteiger partial charge >= 0.3 is 0 Å². The molecule has 3 nitrogen and oxygen atoms in total. The van der Waals surface area contributed by atoms with Crippen molar-refractivity contribution >= 4 is 24.0 Å². The van der Waals surface area contributed by atoms with E-state index in [1.165, 1.54) is 0 Å². The first-order chi connectivity index (χ1) is 5.16. The lowest BCUT2D eigenvalue weighted by Crippen LogP contribution is -2.00. The van der Waals surface area contributed by atoms with E-state index in [0.717, 1.165) is 0 Å². The lowest BCUT2D eigenvalue weighted by Gasteiger charge is -2.07. The van der Waals surface area contributed by atoms with Crippen molar-refractivity contribution in [3.8, 4) is 0 Å². The summed E-state index contributed by atoms with van der Waals surface area (Å²) >= 11 is 4.10. The summed E-state index contributed by atoms with van der Waals surface area (Å²) in [5.41, 5.74) is 12.5. The lowest BCUT2D eigenvalue weighted by atomic mass is 10.1. The molecule has 0 aliphatic rings. The van der Waals surface area contributed by atoms with Gasteiger partial charge in [-0.15, -0.1) is 12.6 Å². The van der Waals surface area contributed by atoms with Crippen molar-refractivity contribution in [2.45, 2.75) is 11.5 Å². The normalized spacial score (nSPS) is 10.0. The van der Waals surface area contributed by atoms with E-state index in [0.29, 0.717) is 21.8 Å². The van der Waals surface area contributed by atoms with Crippen molar-refractivity contribution < 1.29 is 5.11 Å². The Morgan fingerprint density at radius 2 is 2.00 bits per heavy atom. The van der Waals surface area contributed by atoms with Crippen molar-refractivity contribution in [1.82, 2.24) is 0 Å². The summed E-state index contributed by atoms with van der Waals surface area (Å²) in [5, 5.41) is 8.84. The predicted molar refractivity (Wildman–Crippen MR) is 48.4 cm³/mol. The topological polar surface area (TPSA) is 72.3 Å². The highest BCUT2D eigenvalue weighted by molar-refractivity contribution is 7.80. The maximum atomic E-state index is 8.84. The zero-order valence-corrected chi connectivity index (χ0v) is 6.81. The molecule has 0 saturated carbocycles. The fraction of sp³-hybridized carbons (Fsp3) is 0.143. The van der Waals surface area contributed by atoms with E-state index in [2.05, 4.69) is 12.6 Å². The first kappa shape index (κ1) is 8.23. The minimum absolute atomic E-state index is 0.129. The summed E-state index contributed by atoms with van der Waals surface area (Å²) in [6.45, 7) is -0.129. The van der Waals surface area contributed by atoms with Gasteiger partial charge in [0.05, 0.1) is 18.0 Å². The van der Waals surface area contributed by atoms with Crippen LogP contribution < -0.4 is 11.5 Å². The fourth-order valence-electron chi connectivity index (χ4n) is 0.837. The van der Waals surface area contributed by atoms with Crippen molar-refractivity contribution in [2.24, 2.45) is 0 Å². The van der Waals surface area contributed by atoms with Crippen molar-refractivity contribution in [1.29, 1.82) is 0 Å². The van der Waals surface area contributed by atoms with E-state index in [1.54, 1.807) is 12.1 Å². The minimum atomic E-state index is -0.129. The highest BCUT2D eigenvalue weighted by Gasteiger charge is 2.04. The SMILES string of the molecule is Nc1ccc(S)c(CO)c1N. The van der Waals surface area contributed by atoms with Crippen LogP contribution in [0.2, 0.25) is 0 Å². The van der Waals surface area contributed by atoms with Gasteiger partial charge in [-0.3, -0.25) is 0 Å². The van der Waals surface area contributed by atoms with Gasteiger partial charge in [0, 0.05) is 10.5 Å². The van der Waals surface area contributed by atoms with Gasteiger partial charge in [-0.25, -0.2) is 0 Å². The molecule has 0 aliphatic carbocycles. The zero-order valence-electron chi connectivity index (χ0n) is 5.91. The molecule has 0 fully saturated rings. The second-order valence-electron chi connectivity index (χ2n) is 2.22. The van der Waals surface area contributed by atoms with Crippen LogP contribution in [-0.4, -0.2) is 5.11 Å². The fourth-order valence-corrected chi connectivity index (χ4v) is 1.10. The van der Waals surface area contributed by atoms with E-state index in [1.807, 2.05) is 0 Å². The first-order valence-electron chi connectivity index (χ1n) is 3.13. The van der Waals surface area contributed by atoms with Gasteiger partial charge in [-0.2, -0.15) is 0 Å². The number of thiol groups is 1. The summed E-state index contributed by atoms with van der Waals surface area (Å²) in [6, 6.07) is 3.37. The molecule has 1 aromatic carbocycles. The Labute approximate surface area is 70.4 Å². The van der Waals surface area contributed by atoms with Crippen LogP contribution in [0.5, 0.6) is 0 Å². The number of rotatable bonds is 1. The molecule has 0 amide bonds. The van der Waals surface area contributed by atoms with E-state index in [-0.39, 0.29) is 6.61 Å². The van der Waals surface area contributed by atoms with Crippen molar-refractivity contribution in [3.05, 3.63) is 17.7 Å². The number of aliphatic hydroxyl groups is 1. The van der Waals surface area contributed by atoms with Gasteiger partial charge in [-0.05, 0) is 12.1 Å². The lowest BCUT2D eigenvalue weighted by molar-refractivity contribution is 0.280. The monoisotopic (exact) mass is 170 g/mol. The molecule has 1 aromatic rings. The summed E-state index contributed by atoms with van der Waals surface area (Å²) in [4.78, 5) is 0.666. The standard InChI is InChI=1S/C7H10N2OS/c8-5-1-2-6(11)4(3-10)7(5)9/h1-2,10-11H,3,8-9H2. The second-order valence-corrected chi connectivity index (χ2v) is 2.71. The van der Waals surface area contributed by atoms with E-state index in [4.69, 9.17) is 16.6 Å². The second kappa shape index (κ2) is 3.02. The van der Waals surface area contributed by atoms with E-state index in [9.17, 15) is 0 Å². The van der Waals surface area contributed by atoms with Gasteiger partial charge in [0.25, 0.3) is 0 Å². The Bertz CT molecular complexity index is 275.